The van der Waals surface area contributed by atoms with Crippen molar-refractivity contribution in [2.24, 2.45) is 0 Å². The summed E-state index contributed by atoms with van der Waals surface area (Å²) in [5.41, 5.74) is 1.09. The highest BCUT2D eigenvalue weighted by Crippen LogP contribution is 2.34. The van der Waals surface area contributed by atoms with Crippen molar-refractivity contribution in [3.05, 3.63) is 42.4 Å². The first kappa shape index (κ1) is 29.9. The van der Waals surface area contributed by atoms with Crippen LogP contribution in [-0.2, 0) is 4.74 Å². The molecule has 0 bridgehead atoms. The summed E-state index contributed by atoms with van der Waals surface area (Å²) in [7, 11) is 5.32. The van der Waals surface area contributed by atoms with Crippen LogP contribution in [0, 0.1) is 0 Å². The van der Waals surface area contributed by atoms with E-state index in [1.807, 2.05) is 45.0 Å². The molecule has 0 radical (unpaired) electrons. The summed E-state index contributed by atoms with van der Waals surface area (Å²) in [6, 6.07) is 7.84. The molecule has 0 aromatic carbocycles. The molecular formula is C29H43N7O3. The molecule has 0 saturated heterocycles. The molecule has 10 heteroatoms. The van der Waals surface area contributed by atoms with Crippen molar-refractivity contribution in [3.8, 4) is 0 Å². The second kappa shape index (κ2) is 13.4. The van der Waals surface area contributed by atoms with E-state index in [4.69, 9.17) is 9.72 Å². The number of amides is 2. The lowest BCUT2D eigenvalue weighted by Crippen LogP contribution is -2.34. The molecule has 3 heterocycles. The van der Waals surface area contributed by atoms with Crippen molar-refractivity contribution in [1.29, 1.82) is 0 Å². The maximum absolute atomic E-state index is 12.7. The van der Waals surface area contributed by atoms with E-state index in [2.05, 4.69) is 26.8 Å². The SMILES string of the molecule is CCCCN(C)C(=O)OC(C)(C)C.CN(C)C(=O)c1cc2cnc(Nc3ccccn3)nc2n1C1CCCC1. The fourth-order valence-electron chi connectivity index (χ4n) is 4.37. The first-order chi connectivity index (χ1) is 18.5. The van der Waals surface area contributed by atoms with Gasteiger partial charge in [-0.3, -0.25) is 4.79 Å². The van der Waals surface area contributed by atoms with E-state index in [0.717, 1.165) is 43.3 Å². The van der Waals surface area contributed by atoms with Crippen LogP contribution in [0.4, 0.5) is 16.6 Å². The lowest BCUT2D eigenvalue weighted by Gasteiger charge is -2.24. The summed E-state index contributed by atoms with van der Waals surface area (Å²) in [5.74, 6) is 1.17. The fraction of sp³-hybridized carbons (Fsp3) is 0.552. The number of aromatic nitrogens is 4. The number of hydrogen-bond acceptors (Lipinski definition) is 7. The zero-order chi connectivity index (χ0) is 28.6. The fourth-order valence-corrected chi connectivity index (χ4v) is 4.37. The number of ether oxygens (including phenoxy) is 1. The van der Waals surface area contributed by atoms with Gasteiger partial charge in [-0.2, -0.15) is 4.98 Å². The van der Waals surface area contributed by atoms with Crippen molar-refractivity contribution >= 4 is 34.8 Å². The molecule has 1 N–H and O–H groups in total. The Hall–Kier alpha value is -3.69. The molecule has 4 rings (SSSR count). The number of nitrogens with one attached hydrogen (secondary N) is 1. The third-order valence-corrected chi connectivity index (χ3v) is 6.35. The van der Waals surface area contributed by atoms with E-state index in [1.54, 1.807) is 43.3 Å². The minimum atomic E-state index is -0.391. The molecule has 1 fully saturated rings. The van der Waals surface area contributed by atoms with Gasteiger partial charge >= 0.3 is 6.09 Å². The van der Waals surface area contributed by atoms with E-state index in [0.29, 0.717) is 23.5 Å². The Labute approximate surface area is 231 Å². The van der Waals surface area contributed by atoms with Gasteiger partial charge < -0.3 is 24.4 Å². The maximum atomic E-state index is 12.7. The molecule has 3 aromatic rings. The molecule has 1 saturated carbocycles. The van der Waals surface area contributed by atoms with Crippen molar-refractivity contribution in [1.82, 2.24) is 29.3 Å². The number of carbonyl (C=O) groups excluding carboxylic acids is 2. The lowest BCUT2D eigenvalue weighted by molar-refractivity contribution is 0.0297. The van der Waals surface area contributed by atoms with Gasteiger partial charge in [0, 0.05) is 51.5 Å². The highest BCUT2D eigenvalue weighted by molar-refractivity contribution is 5.97. The van der Waals surface area contributed by atoms with Crippen LogP contribution in [0.1, 0.15) is 82.8 Å². The molecule has 1 aliphatic rings. The van der Waals surface area contributed by atoms with E-state index in [-0.39, 0.29) is 12.0 Å². The van der Waals surface area contributed by atoms with Crippen molar-refractivity contribution in [3.63, 3.8) is 0 Å². The van der Waals surface area contributed by atoms with Crippen LogP contribution in [0.15, 0.2) is 36.7 Å². The molecular weight excluding hydrogens is 494 g/mol. The van der Waals surface area contributed by atoms with E-state index >= 15 is 0 Å². The molecule has 1 aliphatic carbocycles. The van der Waals surface area contributed by atoms with Gasteiger partial charge in [-0.25, -0.2) is 14.8 Å². The van der Waals surface area contributed by atoms with Gasteiger partial charge in [-0.15, -0.1) is 0 Å². The second-order valence-electron chi connectivity index (χ2n) is 11.1. The first-order valence-electron chi connectivity index (χ1n) is 13.7. The quantitative estimate of drug-likeness (QED) is 0.392. The van der Waals surface area contributed by atoms with Crippen molar-refractivity contribution in [2.45, 2.75) is 77.9 Å². The zero-order valence-electron chi connectivity index (χ0n) is 24.4. The Balaban J connectivity index is 0.000000276. The molecule has 0 aliphatic heterocycles. The van der Waals surface area contributed by atoms with Gasteiger partial charge in [0.2, 0.25) is 5.95 Å². The Kier molecular flexibility index (Phi) is 10.3. The third-order valence-electron chi connectivity index (χ3n) is 6.35. The number of unbranched alkanes of at least 4 members (excludes halogenated alkanes) is 1. The monoisotopic (exact) mass is 537 g/mol. The number of pyridine rings is 1. The largest absolute Gasteiger partial charge is 0.444 e. The Morgan fingerprint density at radius 2 is 1.85 bits per heavy atom. The summed E-state index contributed by atoms with van der Waals surface area (Å²) in [4.78, 5) is 40.6. The first-order valence-corrected chi connectivity index (χ1v) is 13.7. The predicted molar refractivity (Wildman–Crippen MR) is 154 cm³/mol. The molecule has 2 amide bonds. The van der Waals surface area contributed by atoms with E-state index in [1.165, 1.54) is 12.8 Å². The van der Waals surface area contributed by atoms with Crippen LogP contribution in [0.25, 0.3) is 11.0 Å². The molecule has 10 nitrogen and oxygen atoms in total. The number of rotatable bonds is 7. The van der Waals surface area contributed by atoms with Gasteiger partial charge in [0.05, 0.1) is 0 Å². The number of fused-ring (bicyclic) bond motifs is 1. The van der Waals surface area contributed by atoms with Gasteiger partial charge in [-0.05, 0) is 58.2 Å². The standard InChI is InChI=1S/C19H22N6O.C10H21NO2/c1-24(2)18(26)15-11-13-12-21-19(22-16-9-5-6-10-20-16)23-17(13)25(15)14-7-3-4-8-14;1-6-7-8-11(5)9(12)13-10(2,3)4/h5-6,9-12,14H,3-4,7-8H2,1-2H3,(H,20,21,22,23);6-8H2,1-5H3. The predicted octanol–water partition coefficient (Wildman–Crippen LogP) is 6.04. The van der Waals surface area contributed by atoms with Gasteiger partial charge in [-0.1, -0.05) is 32.3 Å². The number of carbonyl (C=O) groups is 2. The van der Waals surface area contributed by atoms with Crippen LogP contribution >= 0.6 is 0 Å². The smallest absolute Gasteiger partial charge is 0.410 e. The topological polar surface area (TPSA) is 105 Å². The summed E-state index contributed by atoms with van der Waals surface area (Å²) in [6.45, 7) is 8.49. The van der Waals surface area contributed by atoms with E-state index < -0.39 is 5.60 Å². The highest BCUT2D eigenvalue weighted by Gasteiger charge is 2.26. The summed E-state index contributed by atoms with van der Waals surface area (Å²) >= 11 is 0. The Morgan fingerprint density at radius 1 is 1.13 bits per heavy atom. The van der Waals surface area contributed by atoms with Gasteiger partial charge in [0.25, 0.3) is 5.91 Å². The highest BCUT2D eigenvalue weighted by atomic mass is 16.6. The number of nitrogens with zero attached hydrogens (tertiary/aromatic N) is 6. The maximum Gasteiger partial charge on any atom is 0.410 e. The molecule has 3 aromatic heterocycles. The summed E-state index contributed by atoms with van der Waals surface area (Å²) in [5, 5.41) is 4.02. The molecule has 39 heavy (non-hydrogen) atoms. The molecule has 0 spiro atoms. The normalized spacial score (nSPS) is 13.5. The van der Waals surface area contributed by atoms with Crippen molar-refractivity contribution < 1.29 is 14.3 Å². The third kappa shape index (κ3) is 8.40. The van der Waals surface area contributed by atoms with Crippen LogP contribution in [-0.4, -0.2) is 74.6 Å². The van der Waals surface area contributed by atoms with Crippen molar-refractivity contribution in [2.75, 3.05) is 33.0 Å². The lowest BCUT2D eigenvalue weighted by atomic mass is 10.2. The number of hydrogen-bond donors (Lipinski definition) is 1. The van der Waals surface area contributed by atoms with Crippen LogP contribution in [0.5, 0.6) is 0 Å². The minimum Gasteiger partial charge on any atom is -0.444 e. The number of anilines is 2. The van der Waals surface area contributed by atoms with Crippen LogP contribution in [0.3, 0.4) is 0 Å². The Morgan fingerprint density at radius 3 is 2.44 bits per heavy atom. The average molecular weight is 538 g/mol. The second-order valence-corrected chi connectivity index (χ2v) is 11.1. The Bertz CT molecular complexity index is 1230. The minimum absolute atomic E-state index is 0.00543. The van der Waals surface area contributed by atoms with Crippen LogP contribution < -0.4 is 5.32 Å². The van der Waals surface area contributed by atoms with Gasteiger partial charge in [0.1, 0.15) is 22.8 Å². The molecule has 0 unspecified atom stereocenters. The summed E-state index contributed by atoms with van der Waals surface area (Å²) < 4.78 is 7.29. The van der Waals surface area contributed by atoms with Gasteiger partial charge in [0.15, 0.2) is 0 Å². The summed E-state index contributed by atoms with van der Waals surface area (Å²) in [6.07, 6.45) is 9.88. The van der Waals surface area contributed by atoms with Crippen LogP contribution in [0.2, 0.25) is 0 Å². The average Bonchev–Trinajstić information content (AvgIpc) is 3.54. The van der Waals surface area contributed by atoms with E-state index in [9.17, 15) is 9.59 Å². The molecule has 212 valence electrons. The zero-order valence-corrected chi connectivity index (χ0v) is 24.4. The molecule has 0 atom stereocenters.